The molecule has 2 fully saturated rings. The van der Waals surface area contributed by atoms with Gasteiger partial charge in [0.25, 0.3) is 0 Å². The molecule has 0 amide bonds. The summed E-state index contributed by atoms with van der Waals surface area (Å²) in [5.41, 5.74) is 1.99. The third-order valence-corrected chi connectivity index (χ3v) is 5.18. The van der Waals surface area contributed by atoms with Gasteiger partial charge >= 0.3 is 7.12 Å². The topological polar surface area (TPSA) is 57.1 Å². The highest BCUT2D eigenvalue weighted by Crippen LogP contribution is 2.39. The Bertz CT molecular complexity index is 744. The molecule has 2 aromatic rings. The molecule has 24 heavy (non-hydrogen) atoms. The van der Waals surface area contributed by atoms with Crippen LogP contribution in [0, 0.1) is 0 Å². The van der Waals surface area contributed by atoms with Crippen LogP contribution in [0.15, 0.2) is 30.6 Å². The second kappa shape index (κ2) is 5.36. The highest BCUT2D eigenvalue weighted by molar-refractivity contribution is 6.61. The standard InChI is InChI=1S/C18H22BN3O2/c1-17(2)18(3,4)24-19(23-17)15-11-14(12-7-9-20-10-8-12)21-16(22-15)13-5-6-13/h7-11,13H,5-6H2,1-4H3. The minimum atomic E-state index is -0.462. The zero-order valence-corrected chi connectivity index (χ0v) is 14.6. The number of rotatable bonds is 3. The molecule has 2 aromatic heterocycles. The van der Waals surface area contributed by atoms with Crippen LogP contribution in [0.1, 0.15) is 52.3 Å². The first-order chi connectivity index (χ1) is 11.4. The molecule has 0 unspecified atom stereocenters. The Morgan fingerprint density at radius 1 is 1.00 bits per heavy atom. The summed E-state index contributed by atoms with van der Waals surface area (Å²) in [5.74, 6) is 1.36. The van der Waals surface area contributed by atoms with E-state index in [-0.39, 0.29) is 11.2 Å². The van der Waals surface area contributed by atoms with E-state index >= 15 is 0 Å². The van der Waals surface area contributed by atoms with Gasteiger partial charge in [0.1, 0.15) is 5.82 Å². The molecular formula is C18H22BN3O2. The zero-order valence-electron chi connectivity index (χ0n) is 14.6. The third-order valence-electron chi connectivity index (χ3n) is 5.18. The molecule has 1 aliphatic carbocycles. The lowest BCUT2D eigenvalue weighted by Gasteiger charge is -2.32. The average molecular weight is 323 g/mol. The Labute approximate surface area is 143 Å². The summed E-state index contributed by atoms with van der Waals surface area (Å²) in [6.45, 7) is 8.22. The van der Waals surface area contributed by atoms with E-state index < -0.39 is 7.12 Å². The summed E-state index contributed by atoms with van der Waals surface area (Å²) in [6.07, 6.45) is 5.87. The maximum absolute atomic E-state index is 6.17. The number of nitrogens with zero attached hydrogens (tertiary/aromatic N) is 3. The van der Waals surface area contributed by atoms with Gasteiger partial charge in [-0.3, -0.25) is 4.98 Å². The predicted molar refractivity (Wildman–Crippen MR) is 93.0 cm³/mol. The fourth-order valence-electron chi connectivity index (χ4n) is 2.76. The van der Waals surface area contributed by atoms with Crippen LogP contribution < -0.4 is 5.59 Å². The average Bonchev–Trinajstić information content (AvgIpc) is 3.36. The largest absolute Gasteiger partial charge is 0.514 e. The third kappa shape index (κ3) is 2.74. The number of hydrogen-bond donors (Lipinski definition) is 0. The van der Waals surface area contributed by atoms with Crippen molar-refractivity contribution in [3.8, 4) is 11.3 Å². The van der Waals surface area contributed by atoms with Gasteiger partial charge in [-0.1, -0.05) is 0 Å². The molecule has 0 bridgehead atoms. The first-order valence-corrected chi connectivity index (χ1v) is 8.51. The molecule has 0 aromatic carbocycles. The van der Waals surface area contributed by atoms with E-state index in [0.717, 1.165) is 35.5 Å². The van der Waals surface area contributed by atoms with Gasteiger partial charge in [0, 0.05) is 23.9 Å². The van der Waals surface area contributed by atoms with Gasteiger partial charge < -0.3 is 9.31 Å². The van der Waals surface area contributed by atoms with E-state index in [2.05, 4.69) is 32.7 Å². The van der Waals surface area contributed by atoms with Crippen LogP contribution in [0.2, 0.25) is 0 Å². The second-order valence-corrected chi connectivity index (χ2v) is 7.63. The number of pyridine rings is 1. The van der Waals surface area contributed by atoms with Gasteiger partial charge in [-0.2, -0.15) is 0 Å². The van der Waals surface area contributed by atoms with Crippen LogP contribution in [0.3, 0.4) is 0 Å². The first kappa shape index (κ1) is 15.7. The SMILES string of the molecule is CC1(C)OB(c2cc(-c3ccncc3)nc(C3CC3)n2)OC1(C)C. The molecule has 0 atom stereocenters. The van der Waals surface area contributed by atoms with Crippen molar-refractivity contribution in [3.63, 3.8) is 0 Å². The highest BCUT2D eigenvalue weighted by Gasteiger charge is 2.52. The molecule has 0 spiro atoms. The van der Waals surface area contributed by atoms with Crippen molar-refractivity contribution in [2.24, 2.45) is 0 Å². The van der Waals surface area contributed by atoms with Crippen molar-refractivity contribution in [3.05, 3.63) is 36.4 Å². The van der Waals surface area contributed by atoms with Crippen molar-refractivity contribution >= 4 is 12.7 Å². The van der Waals surface area contributed by atoms with Crippen molar-refractivity contribution in [2.75, 3.05) is 0 Å². The summed E-state index contributed by atoms with van der Waals surface area (Å²) in [6, 6.07) is 5.91. The van der Waals surface area contributed by atoms with Crippen LogP contribution in [-0.4, -0.2) is 33.3 Å². The summed E-state index contributed by atoms with van der Waals surface area (Å²) in [7, 11) is -0.462. The van der Waals surface area contributed by atoms with E-state index in [1.165, 1.54) is 0 Å². The molecule has 1 saturated heterocycles. The van der Waals surface area contributed by atoms with E-state index in [9.17, 15) is 0 Å². The van der Waals surface area contributed by atoms with Crippen molar-refractivity contribution in [1.82, 2.24) is 15.0 Å². The Kier molecular flexibility index (Phi) is 3.51. The van der Waals surface area contributed by atoms with Gasteiger partial charge in [0.15, 0.2) is 0 Å². The molecule has 0 N–H and O–H groups in total. The summed E-state index contributed by atoms with van der Waals surface area (Å²) in [5, 5.41) is 0. The number of aromatic nitrogens is 3. The maximum Gasteiger partial charge on any atom is 0.514 e. The van der Waals surface area contributed by atoms with Gasteiger partial charge in [-0.05, 0) is 58.7 Å². The quantitative estimate of drug-likeness (QED) is 0.813. The Balaban J connectivity index is 1.75. The van der Waals surface area contributed by atoms with Gasteiger partial charge in [-0.25, -0.2) is 9.97 Å². The minimum absolute atomic E-state index is 0.376. The molecule has 5 nitrogen and oxygen atoms in total. The van der Waals surface area contributed by atoms with Crippen LogP contribution in [0.4, 0.5) is 0 Å². The van der Waals surface area contributed by atoms with Crippen molar-refractivity contribution in [1.29, 1.82) is 0 Å². The molecule has 1 saturated carbocycles. The van der Waals surface area contributed by atoms with E-state index in [0.29, 0.717) is 5.92 Å². The molecular weight excluding hydrogens is 301 g/mol. The fraction of sp³-hybridized carbons (Fsp3) is 0.500. The monoisotopic (exact) mass is 323 g/mol. The molecule has 6 heteroatoms. The number of hydrogen-bond acceptors (Lipinski definition) is 5. The van der Waals surface area contributed by atoms with Gasteiger partial charge in [-0.15, -0.1) is 0 Å². The Morgan fingerprint density at radius 2 is 1.62 bits per heavy atom. The normalized spacial score (nSPS) is 21.9. The van der Waals surface area contributed by atoms with Crippen molar-refractivity contribution < 1.29 is 9.31 Å². The fourth-order valence-corrected chi connectivity index (χ4v) is 2.76. The lowest BCUT2D eigenvalue weighted by atomic mass is 9.83. The zero-order chi connectivity index (χ0) is 16.9. The minimum Gasteiger partial charge on any atom is -0.398 e. The second-order valence-electron chi connectivity index (χ2n) is 7.63. The Morgan fingerprint density at radius 3 is 2.21 bits per heavy atom. The van der Waals surface area contributed by atoms with E-state index in [1.807, 2.05) is 18.2 Å². The predicted octanol–water partition coefficient (Wildman–Crippen LogP) is 2.72. The summed E-state index contributed by atoms with van der Waals surface area (Å²) >= 11 is 0. The van der Waals surface area contributed by atoms with Crippen LogP contribution in [0.5, 0.6) is 0 Å². The van der Waals surface area contributed by atoms with E-state index in [4.69, 9.17) is 19.3 Å². The molecule has 124 valence electrons. The highest BCUT2D eigenvalue weighted by atomic mass is 16.7. The molecule has 4 rings (SSSR count). The Hall–Kier alpha value is -1.79. The molecule has 1 aliphatic heterocycles. The lowest BCUT2D eigenvalue weighted by Crippen LogP contribution is -2.41. The molecule has 2 aliphatic rings. The lowest BCUT2D eigenvalue weighted by molar-refractivity contribution is 0.00578. The molecule has 3 heterocycles. The van der Waals surface area contributed by atoms with Crippen molar-refractivity contribution in [2.45, 2.75) is 57.7 Å². The summed E-state index contributed by atoms with van der Waals surface area (Å²) in [4.78, 5) is 13.6. The van der Waals surface area contributed by atoms with Crippen LogP contribution in [-0.2, 0) is 9.31 Å². The van der Waals surface area contributed by atoms with Gasteiger partial charge in [0.2, 0.25) is 0 Å². The van der Waals surface area contributed by atoms with Crippen LogP contribution >= 0.6 is 0 Å². The maximum atomic E-state index is 6.17. The van der Waals surface area contributed by atoms with E-state index in [1.54, 1.807) is 12.4 Å². The summed E-state index contributed by atoms with van der Waals surface area (Å²) < 4.78 is 12.3. The molecule has 0 radical (unpaired) electrons. The van der Waals surface area contributed by atoms with Gasteiger partial charge in [0.05, 0.1) is 22.5 Å². The smallest absolute Gasteiger partial charge is 0.398 e. The van der Waals surface area contributed by atoms with Crippen LogP contribution in [0.25, 0.3) is 11.3 Å². The first-order valence-electron chi connectivity index (χ1n) is 8.51.